The van der Waals surface area contributed by atoms with Crippen molar-refractivity contribution in [3.63, 3.8) is 0 Å². The Bertz CT molecular complexity index is 457. The summed E-state index contributed by atoms with van der Waals surface area (Å²) in [6.45, 7) is 0. The maximum atomic E-state index is 9.44. The zero-order chi connectivity index (χ0) is 10.7. The van der Waals surface area contributed by atoms with Gasteiger partial charge in [0, 0.05) is 12.3 Å². The summed E-state index contributed by atoms with van der Waals surface area (Å²) in [5.74, 6) is 0.699. The Hall–Kier alpha value is -2.23. The van der Waals surface area contributed by atoms with Gasteiger partial charge in [-0.25, -0.2) is 0 Å². The molecule has 0 amide bonds. The van der Waals surface area contributed by atoms with Crippen molar-refractivity contribution >= 4 is 0 Å². The predicted molar refractivity (Wildman–Crippen MR) is 54.1 cm³/mol. The number of aromatic nitrogens is 1. The van der Waals surface area contributed by atoms with E-state index in [9.17, 15) is 10.2 Å². The zero-order valence-electron chi connectivity index (χ0n) is 7.79. The first kappa shape index (κ1) is 9.33. The molecule has 0 spiro atoms. The summed E-state index contributed by atoms with van der Waals surface area (Å²) in [6.07, 6.45) is 3.14. The predicted octanol–water partition coefficient (Wildman–Crippen LogP) is 2.29. The van der Waals surface area contributed by atoms with Crippen LogP contribution in [-0.4, -0.2) is 15.2 Å². The highest BCUT2D eigenvalue weighted by Gasteiger charge is 2.04. The van der Waals surface area contributed by atoms with Crippen molar-refractivity contribution in [2.75, 3.05) is 0 Å². The molecule has 2 aromatic rings. The molecule has 0 aliphatic rings. The van der Waals surface area contributed by atoms with E-state index in [2.05, 4.69) is 4.98 Å². The molecule has 0 radical (unpaired) electrons. The molecule has 0 fully saturated rings. The second-order valence-corrected chi connectivity index (χ2v) is 2.94. The maximum absolute atomic E-state index is 9.44. The molecular formula is C11H9NO3. The third kappa shape index (κ3) is 2.17. The minimum atomic E-state index is -0.0309. The summed E-state index contributed by atoms with van der Waals surface area (Å²) < 4.78 is 5.32. The quantitative estimate of drug-likeness (QED) is 0.735. The highest BCUT2D eigenvalue weighted by molar-refractivity contribution is 5.45. The molecule has 2 N–H and O–H groups in total. The Kier molecular flexibility index (Phi) is 2.41. The van der Waals surface area contributed by atoms with Crippen LogP contribution in [0.25, 0.3) is 0 Å². The fourth-order valence-electron chi connectivity index (χ4n) is 1.12. The van der Waals surface area contributed by atoms with Crippen molar-refractivity contribution in [1.29, 1.82) is 0 Å². The van der Waals surface area contributed by atoms with Crippen molar-refractivity contribution < 1.29 is 14.9 Å². The first-order valence-corrected chi connectivity index (χ1v) is 4.35. The molecule has 1 aromatic heterocycles. The highest BCUT2D eigenvalue weighted by atomic mass is 16.5. The van der Waals surface area contributed by atoms with Gasteiger partial charge >= 0.3 is 0 Å². The van der Waals surface area contributed by atoms with Crippen LogP contribution >= 0.6 is 0 Å². The molecule has 4 heteroatoms. The van der Waals surface area contributed by atoms with Gasteiger partial charge in [0.15, 0.2) is 11.5 Å². The molecule has 2 rings (SSSR count). The fraction of sp³-hybridized carbons (Fsp3) is 0. The molecule has 0 aliphatic heterocycles. The smallest absolute Gasteiger partial charge is 0.172 e. The summed E-state index contributed by atoms with van der Waals surface area (Å²) in [6, 6.07) is 7.50. The summed E-state index contributed by atoms with van der Waals surface area (Å²) >= 11 is 0. The molecule has 4 nitrogen and oxygen atoms in total. The first-order chi connectivity index (χ1) is 7.25. The van der Waals surface area contributed by atoms with Gasteiger partial charge in [0.25, 0.3) is 0 Å². The number of hydrogen-bond acceptors (Lipinski definition) is 4. The topological polar surface area (TPSA) is 62.6 Å². The van der Waals surface area contributed by atoms with E-state index in [0.29, 0.717) is 5.75 Å². The average molecular weight is 203 g/mol. The maximum Gasteiger partial charge on any atom is 0.172 e. The number of hydrogen-bond donors (Lipinski definition) is 2. The van der Waals surface area contributed by atoms with E-state index in [-0.39, 0.29) is 17.2 Å². The highest BCUT2D eigenvalue weighted by Crippen LogP contribution is 2.32. The lowest BCUT2D eigenvalue weighted by atomic mass is 10.3. The molecule has 15 heavy (non-hydrogen) atoms. The van der Waals surface area contributed by atoms with E-state index < -0.39 is 0 Å². The largest absolute Gasteiger partial charge is 0.508 e. The minimum absolute atomic E-state index is 0.0309. The van der Waals surface area contributed by atoms with Crippen LogP contribution in [0.4, 0.5) is 0 Å². The van der Waals surface area contributed by atoms with Crippen molar-refractivity contribution in [3.05, 3.63) is 42.7 Å². The normalized spacial score (nSPS) is 9.87. The summed E-state index contributed by atoms with van der Waals surface area (Å²) in [7, 11) is 0. The van der Waals surface area contributed by atoms with Gasteiger partial charge in [0.1, 0.15) is 11.5 Å². The van der Waals surface area contributed by atoms with Gasteiger partial charge in [-0.3, -0.25) is 4.98 Å². The van der Waals surface area contributed by atoms with Gasteiger partial charge in [0.05, 0.1) is 6.20 Å². The van der Waals surface area contributed by atoms with Gasteiger partial charge in [-0.05, 0) is 24.3 Å². The van der Waals surface area contributed by atoms with Crippen LogP contribution < -0.4 is 4.74 Å². The SMILES string of the molecule is Oc1ccc(O)c(Oc2cccnc2)c1. The number of ether oxygens (including phenoxy) is 1. The molecule has 0 saturated heterocycles. The van der Waals surface area contributed by atoms with Crippen LogP contribution in [0.15, 0.2) is 42.7 Å². The molecule has 1 heterocycles. The summed E-state index contributed by atoms with van der Waals surface area (Å²) in [5.41, 5.74) is 0. The van der Waals surface area contributed by atoms with Gasteiger partial charge in [-0.1, -0.05) is 0 Å². The first-order valence-electron chi connectivity index (χ1n) is 4.35. The minimum Gasteiger partial charge on any atom is -0.508 e. The number of rotatable bonds is 2. The lowest BCUT2D eigenvalue weighted by molar-refractivity contribution is 0.403. The van der Waals surface area contributed by atoms with Crippen molar-refractivity contribution in [2.45, 2.75) is 0 Å². The van der Waals surface area contributed by atoms with E-state index >= 15 is 0 Å². The molecule has 0 bridgehead atoms. The number of phenolic OH excluding ortho intramolecular Hbond substituents is 2. The Balaban J connectivity index is 2.28. The van der Waals surface area contributed by atoms with Crippen LogP contribution in [0.2, 0.25) is 0 Å². The number of benzene rings is 1. The second-order valence-electron chi connectivity index (χ2n) is 2.94. The van der Waals surface area contributed by atoms with Crippen LogP contribution in [0.5, 0.6) is 23.0 Å². The average Bonchev–Trinajstić information content (AvgIpc) is 2.25. The lowest BCUT2D eigenvalue weighted by Gasteiger charge is -2.06. The van der Waals surface area contributed by atoms with E-state index in [1.54, 1.807) is 18.3 Å². The summed E-state index contributed by atoms with van der Waals surface area (Å²) in [4.78, 5) is 3.86. The Morgan fingerprint density at radius 2 is 2.00 bits per heavy atom. The van der Waals surface area contributed by atoms with Crippen LogP contribution in [-0.2, 0) is 0 Å². The number of phenols is 2. The van der Waals surface area contributed by atoms with Crippen LogP contribution in [0.3, 0.4) is 0 Å². The number of pyridine rings is 1. The molecule has 76 valence electrons. The fourth-order valence-corrected chi connectivity index (χ4v) is 1.12. The molecule has 0 saturated carbocycles. The molecule has 1 aromatic carbocycles. The van der Waals surface area contributed by atoms with Gasteiger partial charge in [-0.2, -0.15) is 0 Å². The van der Waals surface area contributed by atoms with Gasteiger partial charge in [-0.15, -0.1) is 0 Å². The van der Waals surface area contributed by atoms with Crippen molar-refractivity contribution in [3.8, 4) is 23.0 Å². The van der Waals surface area contributed by atoms with Gasteiger partial charge < -0.3 is 14.9 Å². The second kappa shape index (κ2) is 3.88. The van der Waals surface area contributed by atoms with Crippen molar-refractivity contribution in [2.24, 2.45) is 0 Å². The molecule has 0 aliphatic carbocycles. The van der Waals surface area contributed by atoms with Crippen molar-refractivity contribution in [1.82, 2.24) is 4.98 Å². The van der Waals surface area contributed by atoms with Gasteiger partial charge in [0.2, 0.25) is 0 Å². The van der Waals surface area contributed by atoms with E-state index in [1.807, 2.05) is 0 Å². The standard InChI is InChI=1S/C11H9NO3/c13-8-3-4-10(14)11(6-8)15-9-2-1-5-12-7-9/h1-7,13-14H. The Morgan fingerprint density at radius 3 is 2.73 bits per heavy atom. The van der Waals surface area contributed by atoms with E-state index in [4.69, 9.17) is 4.74 Å². The van der Waals surface area contributed by atoms with E-state index in [0.717, 1.165) is 0 Å². The molecule has 0 atom stereocenters. The number of nitrogens with zero attached hydrogens (tertiary/aromatic N) is 1. The third-order valence-corrected chi connectivity index (χ3v) is 1.81. The Labute approximate surface area is 86.4 Å². The van der Waals surface area contributed by atoms with Crippen LogP contribution in [0, 0.1) is 0 Å². The molecular weight excluding hydrogens is 194 g/mol. The lowest BCUT2D eigenvalue weighted by Crippen LogP contribution is -1.85. The van der Waals surface area contributed by atoms with E-state index in [1.165, 1.54) is 24.4 Å². The zero-order valence-corrected chi connectivity index (χ0v) is 7.79. The monoisotopic (exact) mass is 203 g/mol. The molecule has 0 unspecified atom stereocenters. The van der Waals surface area contributed by atoms with Crippen LogP contribution in [0.1, 0.15) is 0 Å². The summed E-state index contributed by atoms with van der Waals surface area (Å²) in [5, 5.41) is 18.6. The third-order valence-electron chi connectivity index (χ3n) is 1.81. The number of aromatic hydroxyl groups is 2. The Morgan fingerprint density at radius 1 is 1.13 bits per heavy atom.